The van der Waals surface area contributed by atoms with E-state index in [1.54, 1.807) is 7.11 Å². The van der Waals surface area contributed by atoms with Crippen molar-refractivity contribution in [2.75, 3.05) is 32.2 Å². The first-order chi connectivity index (χ1) is 11.3. The van der Waals surface area contributed by atoms with Crippen LogP contribution in [0.5, 0.6) is 5.75 Å². The summed E-state index contributed by atoms with van der Waals surface area (Å²) in [5.74, 6) is 0.787. The van der Waals surface area contributed by atoms with E-state index in [1.807, 2.05) is 24.3 Å². The van der Waals surface area contributed by atoms with Crippen molar-refractivity contribution in [1.82, 2.24) is 5.32 Å². The lowest BCUT2D eigenvalue weighted by atomic mass is 10.1. The molecule has 0 unspecified atom stereocenters. The van der Waals surface area contributed by atoms with Crippen molar-refractivity contribution in [1.29, 1.82) is 0 Å². The Morgan fingerprint density at radius 2 is 1.87 bits per heavy atom. The third kappa shape index (κ3) is 6.48. The summed E-state index contributed by atoms with van der Waals surface area (Å²) in [7, 11) is 1.64. The predicted octanol–water partition coefficient (Wildman–Crippen LogP) is 2.96. The molecule has 1 aromatic carbocycles. The summed E-state index contributed by atoms with van der Waals surface area (Å²) in [6.45, 7) is 1.29. The van der Waals surface area contributed by atoms with Gasteiger partial charge in [0.05, 0.1) is 18.8 Å². The maximum Gasteiger partial charge on any atom is 0.239 e. The van der Waals surface area contributed by atoms with Crippen molar-refractivity contribution >= 4 is 11.6 Å². The molecule has 0 aromatic heterocycles. The number of methoxy groups -OCH3 is 1. The number of para-hydroxylation sites is 2. The summed E-state index contributed by atoms with van der Waals surface area (Å²) in [4.78, 5) is 12.1. The van der Waals surface area contributed by atoms with Crippen molar-refractivity contribution in [3.63, 3.8) is 0 Å². The Morgan fingerprint density at radius 3 is 2.61 bits per heavy atom. The molecule has 5 heteroatoms. The monoisotopic (exact) mass is 320 g/mol. The molecule has 5 nitrogen and oxygen atoms in total. The zero-order valence-corrected chi connectivity index (χ0v) is 14.0. The number of carbonyl (C=O) groups is 1. The molecule has 2 rings (SSSR count). The number of anilines is 1. The van der Waals surface area contributed by atoms with Crippen LogP contribution in [0.15, 0.2) is 24.3 Å². The average molecular weight is 320 g/mol. The zero-order chi connectivity index (χ0) is 16.3. The number of carbonyl (C=O) groups excluding carboxylic acids is 1. The van der Waals surface area contributed by atoms with Gasteiger partial charge in [-0.2, -0.15) is 0 Å². The highest BCUT2D eigenvalue weighted by Gasteiger charge is 2.14. The third-order valence-corrected chi connectivity index (χ3v) is 4.09. The molecule has 0 radical (unpaired) electrons. The highest BCUT2D eigenvalue weighted by molar-refractivity contribution is 5.81. The molecule has 0 saturated heterocycles. The van der Waals surface area contributed by atoms with E-state index < -0.39 is 0 Å². The molecule has 0 heterocycles. The molecule has 1 aromatic rings. The third-order valence-electron chi connectivity index (χ3n) is 4.09. The van der Waals surface area contributed by atoms with Crippen LogP contribution in [0.4, 0.5) is 5.69 Å². The molecule has 1 saturated carbocycles. The van der Waals surface area contributed by atoms with E-state index in [0.29, 0.717) is 19.3 Å². The fraction of sp³-hybridized carbons (Fsp3) is 0.611. The minimum atomic E-state index is 0.0450. The molecular weight excluding hydrogens is 292 g/mol. The lowest BCUT2D eigenvalue weighted by molar-refractivity contribution is -0.120. The van der Waals surface area contributed by atoms with Gasteiger partial charge in [-0.25, -0.2) is 0 Å². The molecule has 0 bridgehead atoms. The second kappa shape index (κ2) is 10.1. The summed E-state index contributed by atoms with van der Waals surface area (Å²) in [5, 5.41) is 6.31. The van der Waals surface area contributed by atoms with Crippen LogP contribution in [0.3, 0.4) is 0 Å². The Bertz CT molecular complexity index is 471. The van der Waals surface area contributed by atoms with Crippen LogP contribution in [-0.2, 0) is 9.53 Å². The Morgan fingerprint density at radius 1 is 1.13 bits per heavy atom. The van der Waals surface area contributed by atoms with Crippen molar-refractivity contribution in [2.45, 2.75) is 44.6 Å². The highest BCUT2D eigenvalue weighted by atomic mass is 16.5. The van der Waals surface area contributed by atoms with Crippen LogP contribution in [0, 0.1) is 0 Å². The van der Waals surface area contributed by atoms with Gasteiger partial charge in [0.25, 0.3) is 0 Å². The first kappa shape index (κ1) is 17.6. The maximum absolute atomic E-state index is 12.1. The number of ether oxygens (including phenoxy) is 2. The van der Waals surface area contributed by atoms with Crippen LogP contribution >= 0.6 is 0 Å². The van der Waals surface area contributed by atoms with Crippen LogP contribution in [0.1, 0.15) is 38.5 Å². The van der Waals surface area contributed by atoms with Crippen molar-refractivity contribution < 1.29 is 14.3 Å². The summed E-state index contributed by atoms with van der Waals surface area (Å²) < 4.78 is 10.6. The lowest BCUT2D eigenvalue weighted by Crippen LogP contribution is -2.38. The molecular formula is C18H28N2O3. The van der Waals surface area contributed by atoms with Gasteiger partial charge in [0.15, 0.2) is 0 Å². The molecule has 0 spiro atoms. The van der Waals surface area contributed by atoms with Crippen molar-refractivity contribution in [2.24, 2.45) is 0 Å². The van der Waals surface area contributed by atoms with Gasteiger partial charge < -0.3 is 20.1 Å². The lowest BCUT2D eigenvalue weighted by Gasteiger charge is -2.17. The number of nitrogens with one attached hydrogen (secondary N) is 2. The van der Waals surface area contributed by atoms with E-state index in [0.717, 1.165) is 24.3 Å². The average Bonchev–Trinajstić information content (AvgIpc) is 2.83. The van der Waals surface area contributed by atoms with E-state index in [-0.39, 0.29) is 12.5 Å². The first-order valence-corrected chi connectivity index (χ1v) is 8.53. The van der Waals surface area contributed by atoms with E-state index in [1.165, 1.54) is 25.7 Å². The number of hydrogen-bond acceptors (Lipinski definition) is 4. The largest absolute Gasteiger partial charge is 0.489 e. The molecule has 1 aliphatic rings. The quantitative estimate of drug-likeness (QED) is 0.571. The van der Waals surface area contributed by atoms with Gasteiger partial charge in [0.1, 0.15) is 12.4 Å². The standard InChI is InChI=1S/C18H28N2O3/c1-22-12-13-23-17-11-7-6-10-16(17)19-14-18(21)20-15-8-4-2-3-5-9-15/h6-7,10-11,15,19H,2-5,8-9,12-14H2,1H3,(H,20,21). The van der Waals surface area contributed by atoms with E-state index in [9.17, 15) is 4.79 Å². The number of benzene rings is 1. The van der Waals surface area contributed by atoms with E-state index >= 15 is 0 Å². The van der Waals surface area contributed by atoms with Crippen LogP contribution in [0.25, 0.3) is 0 Å². The minimum Gasteiger partial charge on any atom is -0.489 e. The summed E-state index contributed by atoms with van der Waals surface area (Å²) in [5.41, 5.74) is 0.833. The van der Waals surface area contributed by atoms with Gasteiger partial charge in [-0.05, 0) is 25.0 Å². The minimum absolute atomic E-state index is 0.0450. The maximum atomic E-state index is 12.1. The van der Waals surface area contributed by atoms with Gasteiger partial charge in [0, 0.05) is 13.2 Å². The van der Waals surface area contributed by atoms with Crippen LogP contribution in [0.2, 0.25) is 0 Å². The van der Waals surface area contributed by atoms with Gasteiger partial charge in [0.2, 0.25) is 5.91 Å². The Kier molecular flexibility index (Phi) is 7.73. The molecule has 0 aliphatic heterocycles. The Labute approximate surface area is 138 Å². The Balaban J connectivity index is 1.79. The molecule has 1 aliphatic carbocycles. The summed E-state index contributed by atoms with van der Waals surface area (Å²) >= 11 is 0. The second-order valence-corrected chi connectivity index (χ2v) is 5.95. The molecule has 1 amide bonds. The van der Waals surface area contributed by atoms with Gasteiger partial charge >= 0.3 is 0 Å². The summed E-state index contributed by atoms with van der Waals surface area (Å²) in [6.07, 6.45) is 7.21. The second-order valence-electron chi connectivity index (χ2n) is 5.95. The fourth-order valence-electron chi connectivity index (χ4n) is 2.85. The summed E-state index contributed by atoms with van der Waals surface area (Å²) in [6, 6.07) is 7.98. The highest BCUT2D eigenvalue weighted by Crippen LogP contribution is 2.23. The molecule has 23 heavy (non-hydrogen) atoms. The first-order valence-electron chi connectivity index (χ1n) is 8.53. The van der Waals surface area contributed by atoms with Crippen LogP contribution < -0.4 is 15.4 Å². The molecule has 0 atom stereocenters. The molecule has 1 fully saturated rings. The molecule has 128 valence electrons. The number of hydrogen-bond donors (Lipinski definition) is 2. The normalized spacial score (nSPS) is 15.7. The van der Waals surface area contributed by atoms with E-state index in [2.05, 4.69) is 10.6 Å². The SMILES string of the molecule is COCCOc1ccccc1NCC(=O)NC1CCCCCC1. The van der Waals surface area contributed by atoms with Gasteiger partial charge in [-0.15, -0.1) is 0 Å². The molecule has 2 N–H and O–H groups in total. The van der Waals surface area contributed by atoms with Gasteiger partial charge in [-0.3, -0.25) is 4.79 Å². The predicted molar refractivity (Wildman–Crippen MR) is 91.9 cm³/mol. The van der Waals surface area contributed by atoms with Gasteiger partial charge in [-0.1, -0.05) is 37.8 Å². The number of rotatable bonds is 8. The van der Waals surface area contributed by atoms with Crippen molar-refractivity contribution in [3.05, 3.63) is 24.3 Å². The topological polar surface area (TPSA) is 59.6 Å². The van der Waals surface area contributed by atoms with Crippen molar-refractivity contribution in [3.8, 4) is 5.75 Å². The fourth-order valence-corrected chi connectivity index (χ4v) is 2.85. The Hall–Kier alpha value is -1.75. The smallest absolute Gasteiger partial charge is 0.239 e. The van der Waals surface area contributed by atoms with E-state index in [4.69, 9.17) is 9.47 Å². The number of amides is 1. The van der Waals surface area contributed by atoms with Crippen LogP contribution in [-0.4, -0.2) is 38.8 Å². The zero-order valence-electron chi connectivity index (χ0n) is 14.0.